The Morgan fingerprint density at radius 1 is 1.27 bits per heavy atom. The van der Waals surface area contributed by atoms with Crippen molar-refractivity contribution in [1.82, 2.24) is 9.80 Å². The molecule has 0 saturated carbocycles. The van der Waals surface area contributed by atoms with Crippen LogP contribution in [0, 0.1) is 5.92 Å². The third-order valence-electron chi connectivity index (χ3n) is 4.38. The van der Waals surface area contributed by atoms with Crippen molar-refractivity contribution in [1.29, 1.82) is 0 Å². The fourth-order valence-electron chi connectivity index (χ4n) is 3.19. The van der Waals surface area contributed by atoms with E-state index >= 15 is 0 Å². The molecule has 26 heavy (non-hydrogen) atoms. The molecule has 1 aromatic carbocycles. The van der Waals surface area contributed by atoms with Gasteiger partial charge in [0, 0.05) is 26.7 Å². The van der Waals surface area contributed by atoms with Crippen molar-refractivity contribution in [2.75, 3.05) is 33.8 Å². The second-order valence-electron chi connectivity index (χ2n) is 7.82. The van der Waals surface area contributed by atoms with Gasteiger partial charge in [0.2, 0.25) is 0 Å². The fraction of sp³-hybridized carbons (Fsp3) is 0.600. The van der Waals surface area contributed by atoms with Crippen molar-refractivity contribution in [2.24, 2.45) is 5.92 Å². The van der Waals surface area contributed by atoms with Gasteiger partial charge in [0.15, 0.2) is 0 Å². The summed E-state index contributed by atoms with van der Waals surface area (Å²) >= 11 is 0. The van der Waals surface area contributed by atoms with Gasteiger partial charge in [-0.2, -0.15) is 0 Å². The van der Waals surface area contributed by atoms with Crippen molar-refractivity contribution >= 4 is 12.0 Å². The molecule has 0 aliphatic carbocycles. The van der Waals surface area contributed by atoms with Crippen LogP contribution in [0.2, 0.25) is 0 Å². The summed E-state index contributed by atoms with van der Waals surface area (Å²) in [5, 5.41) is 0. The first-order valence-electron chi connectivity index (χ1n) is 9.07. The summed E-state index contributed by atoms with van der Waals surface area (Å²) in [7, 11) is 3.32. The van der Waals surface area contributed by atoms with E-state index in [0.29, 0.717) is 24.4 Å². The lowest BCUT2D eigenvalue weighted by atomic mass is 9.97. The van der Waals surface area contributed by atoms with Gasteiger partial charge in [-0.25, -0.2) is 4.79 Å². The quantitative estimate of drug-likeness (QED) is 0.823. The molecule has 6 nitrogen and oxygen atoms in total. The van der Waals surface area contributed by atoms with Crippen molar-refractivity contribution in [3.05, 3.63) is 29.8 Å². The Labute approximate surface area is 156 Å². The van der Waals surface area contributed by atoms with E-state index < -0.39 is 5.60 Å². The number of carbonyl (C=O) groups is 2. The molecule has 1 heterocycles. The lowest BCUT2D eigenvalue weighted by Crippen LogP contribution is -2.45. The fourth-order valence-corrected chi connectivity index (χ4v) is 3.19. The van der Waals surface area contributed by atoms with Crippen LogP contribution in [0.1, 0.15) is 44.0 Å². The summed E-state index contributed by atoms with van der Waals surface area (Å²) in [6, 6.07) is 7.28. The SMILES string of the molecule is COc1ccccc1C(=O)N1CCC[C@H](CN(C)C(=O)OC(C)(C)C)C1. The largest absolute Gasteiger partial charge is 0.496 e. The molecular formula is C20H30N2O4. The number of para-hydroxylation sites is 1. The number of methoxy groups -OCH3 is 1. The van der Waals surface area contributed by atoms with Crippen LogP contribution in [-0.4, -0.2) is 61.2 Å². The first-order valence-corrected chi connectivity index (χ1v) is 9.07. The summed E-state index contributed by atoms with van der Waals surface area (Å²) in [6.45, 7) is 7.49. The Balaban J connectivity index is 1.98. The average molecular weight is 362 g/mol. The highest BCUT2D eigenvalue weighted by atomic mass is 16.6. The number of likely N-dealkylation sites (tertiary alicyclic amines) is 1. The maximum atomic E-state index is 12.9. The average Bonchev–Trinajstić information content (AvgIpc) is 2.59. The molecule has 1 aromatic rings. The number of piperidine rings is 1. The predicted octanol–water partition coefficient (Wildman–Crippen LogP) is 3.41. The molecule has 1 aliphatic heterocycles. The monoisotopic (exact) mass is 362 g/mol. The van der Waals surface area contributed by atoms with Crippen LogP contribution in [0.3, 0.4) is 0 Å². The normalized spacial score (nSPS) is 17.6. The zero-order valence-corrected chi connectivity index (χ0v) is 16.4. The van der Waals surface area contributed by atoms with Crippen molar-refractivity contribution < 1.29 is 19.1 Å². The minimum Gasteiger partial charge on any atom is -0.496 e. The first-order chi connectivity index (χ1) is 12.2. The molecule has 144 valence electrons. The molecule has 0 aromatic heterocycles. The van der Waals surface area contributed by atoms with E-state index in [1.54, 1.807) is 31.2 Å². The highest BCUT2D eigenvalue weighted by molar-refractivity contribution is 5.97. The zero-order valence-electron chi connectivity index (χ0n) is 16.4. The molecule has 0 spiro atoms. The van der Waals surface area contributed by atoms with E-state index in [1.165, 1.54) is 0 Å². The number of benzene rings is 1. The van der Waals surface area contributed by atoms with Crippen LogP contribution in [0.15, 0.2) is 24.3 Å². The van der Waals surface area contributed by atoms with Gasteiger partial charge < -0.3 is 19.3 Å². The topological polar surface area (TPSA) is 59.1 Å². The second-order valence-corrected chi connectivity index (χ2v) is 7.82. The van der Waals surface area contributed by atoms with E-state index in [-0.39, 0.29) is 17.9 Å². The highest BCUT2D eigenvalue weighted by Gasteiger charge is 2.28. The summed E-state index contributed by atoms with van der Waals surface area (Å²) < 4.78 is 10.7. The number of amides is 2. The van der Waals surface area contributed by atoms with Gasteiger partial charge >= 0.3 is 6.09 Å². The third kappa shape index (κ3) is 5.38. The lowest BCUT2D eigenvalue weighted by Gasteiger charge is -2.35. The Morgan fingerprint density at radius 3 is 2.62 bits per heavy atom. The predicted molar refractivity (Wildman–Crippen MR) is 100 cm³/mol. The summed E-state index contributed by atoms with van der Waals surface area (Å²) in [6.07, 6.45) is 1.59. The minimum atomic E-state index is -0.510. The van der Waals surface area contributed by atoms with Gasteiger partial charge in [0.25, 0.3) is 5.91 Å². The number of rotatable bonds is 4. The highest BCUT2D eigenvalue weighted by Crippen LogP contribution is 2.24. The van der Waals surface area contributed by atoms with Crippen molar-refractivity contribution in [3.63, 3.8) is 0 Å². The van der Waals surface area contributed by atoms with Crippen molar-refractivity contribution in [3.8, 4) is 5.75 Å². The summed E-state index contributed by atoms with van der Waals surface area (Å²) in [5.41, 5.74) is 0.0696. The molecular weight excluding hydrogens is 332 g/mol. The molecule has 0 bridgehead atoms. The van der Waals surface area contributed by atoms with Crippen LogP contribution in [0.4, 0.5) is 4.79 Å². The Bertz CT molecular complexity index is 639. The minimum absolute atomic E-state index is 0.0212. The van der Waals surface area contributed by atoms with E-state index in [2.05, 4.69) is 0 Å². The van der Waals surface area contributed by atoms with E-state index in [1.807, 2.05) is 37.8 Å². The van der Waals surface area contributed by atoms with Gasteiger partial charge in [-0.05, 0) is 51.7 Å². The number of nitrogens with zero attached hydrogens (tertiary/aromatic N) is 2. The van der Waals surface area contributed by atoms with Gasteiger partial charge in [-0.3, -0.25) is 4.79 Å². The smallest absolute Gasteiger partial charge is 0.410 e. The molecule has 2 amide bonds. The van der Waals surface area contributed by atoms with Crippen LogP contribution in [0.25, 0.3) is 0 Å². The number of carbonyl (C=O) groups excluding carboxylic acids is 2. The van der Waals surface area contributed by atoms with Gasteiger partial charge in [-0.15, -0.1) is 0 Å². The van der Waals surface area contributed by atoms with Gasteiger partial charge in [0.1, 0.15) is 11.4 Å². The third-order valence-corrected chi connectivity index (χ3v) is 4.38. The van der Waals surface area contributed by atoms with Crippen LogP contribution >= 0.6 is 0 Å². The van der Waals surface area contributed by atoms with Crippen molar-refractivity contribution in [2.45, 2.75) is 39.2 Å². The zero-order chi connectivity index (χ0) is 19.3. The van der Waals surface area contributed by atoms with Crippen LogP contribution in [0.5, 0.6) is 5.75 Å². The molecule has 1 fully saturated rings. The van der Waals surface area contributed by atoms with Gasteiger partial charge in [0.05, 0.1) is 12.7 Å². The first kappa shape index (κ1) is 20.1. The maximum Gasteiger partial charge on any atom is 0.410 e. The van der Waals surface area contributed by atoms with Crippen LogP contribution < -0.4 is 4.74 Å². The van der Waals surface area contributed by atoms with E-state index in [9.17, 15) is 9.59 Å². The molecule has 0 N–H and O–H groups in total. The van der Waals surface area contributed by atoms with E-state index in [4.69, 9.17) is 9.47 Å². The number of ether oxygens (including phenoxy) is 2. The summed E-state index contributed by atoms with van der Waals surface area (Å²) in [4.78, 5) is 28.5. The molecule has 0 unspecified atom stereocenters. The van der Waals surface area contributed by atoms with Gasteiger partial charge in [-0.1, -0.05) is 12.1 Å². The van der Waals surface area contributed by atoms with Crippen LogP contribution in [-0.2, 0) is 4.74 Å². The number of hydrogen-bond donors (Lipinski definition) is 0. The number of hydrogen-bond acceptors (Lipinski definition) is 4. The molecule has 1 saturated heterocycles. The molecule has 1 aliphatic rings. The lowest BCUT2D eigenvalue weighted by molar-refractivity contribution is 0.0244. The Kier molecular flexibility index (Phi) is 6.51. The molecule has 0 radical (unpaired) electrons. The standard InChI is InChI=1S/C20H30N2O4/c1-20(2,3)26-19(24)21(4)13-15-9-8-12-22(14-15)18(23)16-10-6-7-11-17(16)25-5/h6-7,10-11,15H,8-9,12-14H2,1-5H3/t15-/m1/s1. The summed E-state index contributed by atoms with van der Waals surface area (Å²) in [5.74, 6) is 0.803. The Hall–Kier alpha value is -2.24. The Morgan fingerprint density at radius 2 is 1.96 bits per heavy atom. The molecule has 1 atom stereocenters. The second kappa shape index (κ2) is 8.43. The van der Waals surface area contributed by atoms with E-state index in [0.717, 1.165) is 19.4 Å². The molecule has 6 heteroatoms. The maximum absolute atomic E-state index is 12.9. The molecule has 2 rings (SSSR count).